The molecule has 0 atom stereocenters. The normalized spacial score (nSPS) is 14.5. The molecule has 0 unspecified atom stereocenters. The van der Waals surface area contributed by atoms with Crippen LogP contribution in [-0.4, -0.2) is 54.1 Å². The van der Waals surface area contributed by atoms with E-state index in [2.05, 4.69) is 15.2 Å². The first-order valence-corrected chi connectivity index (χ1v) is 10.6. The molecule has 8 heteroatoms. The van der Waals surface area contributed by atoms with E-state index in [0.29, 0.717) is 24.5 Å². The molecular formula is C22H23FN4O2S. The van der Waals surface area contributed by atoms with E-state index in [1.807, 2.05) is 34.5 Å². The molecule has 2 amide bonds. The highest BCUT2D eigenvalue weighted by Gasteiger charge is 2.22. The fourth-order valence-electron chi connectivity index (χ4n) is 3.38. The molecule has 1 fully saturated rings. The zero-order valence-corrected chi connectivity index (χ0v) is 17.5. The average Bonchev–Trinajstić information content (AvgIpc) is 3.23. The van der Waals surface area contributed by atoms with Gasteiger partial charge in [0.25, 0.3) is 0 Å². The molecule has 156 valence electrons. The van der Waals surface area contributed by atoms with Crippen molar-refractivity contribution < 1.29 is 13.9 Å². The van der Waals surface area contributed by atoms with Gasteiger partial charge in [-0.25, -0.2) is 14.2 Å². The van der Waals surface area contributed by atoms with E-state index in [9.17, 15) is 9.18 Å². The third-order valence-corrected chi connectivity index (χ3v) is 5.89. The Labute approximate surface area is 178 Å². The van der Waals surface area contributed by atoms with Gasteiger partial charge >= 0.3 is 6.03 Å². The van der Waals surface area contributed by atoms with Gasteiger partial charge in [-0.15, -0.1) is 11.3 Å². The van der Waals surface area contributed by atoms with Crippen molar-refractivity contribution in [2.75, 3.05) is 38.6 Å². The highest BCUT2D eigenvalue weighted by Crippen LogP contribution is 2.25. The number of ether oxygens (including phenoxy) is 1. The molecule has 0 saturated carbocycles. The summed E-state index contributed by atoms with van der Waals surface area (Å²) in [5, 5.41) is 5.94. The number of nitrogens with one attached hydrogen (secondary N) is 1. The summed E-state index contributed by atoms with van der Waals surface area (Å²) in [5.41, 5.74) is 2.45. The van der Waals surface area contributed by atoms with Gasteiger partial charge < -0.3 is 15.0 Å². The Kier molecular flexibility index (Phi) is 6.25. The molecule has 1 aromatic heterocycles. The number of nitrogens with zero attached hydrogens (tertiary/aromatic N) is 3. The van der Waals surface area contributed by atoms with Crippen LogP contribution in [0.15, 0.2) is 53.9 Å². The average molecular weight is 427 g/mol. The molecule has 3 aromatic rings. The number of para-hydroxylation sites is 2. The van der Waals surface area contributed by atoms with Crippen LogP contribution < -0.4 is 10.1 Å². The monoisotopic (exact) mass is 426 g/mol. The molecule has 0 spiro atoms. The number of aromatic nitrogens is 1. The summed E-state index contributed by atoms with van der Waals surface area (Å²) in [6.45, 7) is 3.61. The van der Waals surface area contributed by atoms with Crippen molar-refractivity contribution >= 4 is 23.1 Å². The van der Waals surface area contributed by atoms with Gasteiger partial charge in [0.15, 0.2) is 0 Å². The highest BCUT2D eigenvalue weighted by molar-refractivity contribution is 7.09. The number of thiazole rings is 1. The number of hydrogen-bond donors (Lipinski definition) is 1. The number of amides is 2. The summed E-state index contributed by atoms with van der Waals surface area (Å²) in [7, 11) is 1.59. The van der Waals surface area contributed by atoms with Crippen molar-refractivity contribution in [3.8, 4) is 17.0 Å². The molecule has 1 saturated heterocycles. The maximum absolute atomic E-state index is 13.1. The van der Waals surface area contributed by atoms with Crippen LogP contribution in [0.5, 0.6) is 5.75 Å². The first-order chi connectivity index (χ1) is 14.6. The predicted octanol–water partition coefficient (Wildman–Crippen LogP) is 4.31. The molecule has 1 aliphatic rings. The van der Waals surface area contributed by atoms with Crippen LogP contribution >= 0.6 is 11.3 Å². The minimum atomic E-state index is -0.248. The Bertz CT molecular complexity index is 1000. The molecular weight excluding hydrogens is 403 g/mol. The van der Waals surface area contributed by atoms with E-state index in [4.69, 9.17) is 4.74 Å². The largest absolute Gasteiger partial charge is 0.495 e. The lowest BCUT2D eigenvalue weighted by Gasteiger charge is -2.34. The molecule has 0 bridgehead atoms. The number of carbonyl (C=O) groups excluding carboxylic acids is 1. The van der Waals surface area contributed by atoms with E-state index in [-0.39, 0.29) is 11.8 Å². The quantitative estimate of drug-likeness (QED) is 0.661. The van der Waals surface area contributed by atoms with Gasteiger partial charge in [0.05, 0.1) is 25.0 Å². The standard InChI is InChI=1S/C22H23FN4O2S/c1-29-20-5-3-2-4-18(20)25-22(28)27-12-10-26(11-13-27)14-21-24-19(15-30-21)16-6-8-17(23)9-7-16/h2-9,15H,10-14H2,1H3,(H,25,28). The highest BCUT2D eigenvalue weighted by atomic mass is 32.1. The van der Waals surface area contributed by atoms with Crippen molar-refractivity contribution in [2.45, 2.75) is 6.54 Å². The van der Waals surface area contributed by atoms with Crippen LogP contribution in [0.2, 0.25) is 0 Å². The van der Waals surface area contributed by atoms with Crippen molar-refractivity contribution in [1.82, 2.24) is 14.8 Å². The lowest BCUT2D eigenvalue weighted by Crippen LogP contribution is -2.49. The Morgan fingerprint density at radius 2 is 1.87 bits per heavy atom. The summed E-state index contributed by atoms with van der Waals surface area (Å²) in [5.74, 6) is 0.395. The molecule has 1 N–H and O–H groups in total. The SMILES string of the molecule is COc1ccccc1NC(=O)N1CCN(Cc2nc(-c3ccc(F)cc3)cs2)CC1. The number of piperazine rings is 1. The van der Waals surface area contributed by atoms with Crippen LogP contribution in [0.1, 0.15) is 5.01 Å². The second-order valence-electron chi connectivity index (χ2n) is 7.03. The van der Waals surface area contributed by atoms with Crippen LogP contribution in [0, 0.1) is 5.82 Å². The zero-order chi connectivity index (χ0) is 20.9. The smallest absolute Gasteiger partial charge is 0.322 e. The van der Waals surface area contributed by atoms with Crippen molar-refractivity contribution in [3.05, 3.63) is 64.7 Å². The number of urea groups is 1. The third-order valence-electron chi connectivity index (χ3n) is 5.06. The second kappa shape index (κ2) is 9.23. The minimum absolute atomic E-state index is 0.119. The number of hydrogen-bond acceptors (Lipinski definition) is 5. The van der Waals surface area contributed by atoms with Crippen molar-refractivity contribution in [2.24, 2.45) is 0 Å². The molecule has 2 heterocycles. The van der Waals surface area contributed by atoms with Gasteiger partial charge in [0.2, 0.25) is 0 Å². The van der Waals surface area contributed by atoms with E-state index in [0.717, 1.165) is 35.9 Å². The maximum Gasteiger partial charge on any atom is 0.322 e. The Morgan fingerprint density at radius 3 is 2.60 bits per heavy atom. The molecule has 0 radical (unpaired) electrons. The van der Waals surface area contributed by atoms with Crippen molar-refractivity contribution in [1.29, 1.82) is 0 Å². The van der Waals surface area contributed by atoms with E-state index >= 15 is 0 Å². The maximum atomic E-state index is 13.1. The molecule has 6 nitrogen and oxygen atoms in total. The zero-order valence-electron chi connectivity index (χ0n) is 16.7. The van der Waals surface area contributed by atoms with Gasteiger partial charge in [-0.3, -0.25) is 4.90 Å². The van der Waals surface area contributed by atoms with Gasteiger partial charge in [0, 0.05) is 37.1 Å². The van der Waals surface area contributed by atoms with Crippen molar-refractivity contribution in [3.63, 3.8) is 0 Å². The number of rotatable bonds is 5. The Morgan fingerprint density at radius 1 is 1.13 bits per heavy atom. The number of halogens is 1. The van der Waals surface area contributed by atoms with Gasteiger partial charge in [-0.2, -0.15) is 0 Å². The van der Waals surface area contributed by atoms with Gasteiger partial charge in [-0.1, -0.05) is 12.1 Å². The summed E-state index contributed by atoms with van der Waals surface area (Å²) in [4.78, 5) is 21.4. The van der Waals surface area contributed by atoms with Crippen LogP contribution in [-0.2, 0) is 6.54 Å². The van der Waals surface area contributed by atoms with Crippen LogP contribution in [0.3, 0.4) is 0 Å². The Balaban J connectivity index is 1.29. The first-order valence-electron chi connectivity index (χ1n) is 9.74. The summed E-state index contributed by atoms with van der Waals surface area (Å²) in [6.07, 6.45) is 0. The van der Waals surface area contributed by atoms with Gasteiger partial charge in [-0.05, 0) is 36.4 Å². The number of carbonyl (C=O) groups is 1. The topological polar surface area (TPSA) is 57.7 Å². The Hall–Kier alpha value is -2.97. The number of anilines is 1. The molecule has 0 aliphatic carbocycles. The summed E-state index contributed by atoms with van der Waals surface area (Å²) >= 11 is 1.60. The molecule has 2 aromatic carbocycles. The fraction of sp³-hybridized carbons (Fsp3) is 0.273. The lowest BCUT2D eigenvalue weighted by atomic mass is 10.2. The lowest BCUT2D eigenvalue weighted by molar-refractivity contribution is 0.143. The fourth-order valence-corrected chi connectivity index (χ4v) is 4.22. The minimum Gasteiger partial charge on any atom is -0.495 e. The molecule has 4 rings (SSSR count). The van der Waals surface area contributed by atoms with E-state index in [1.54, 1.807) is 30.6 Å². The van der Waals surface area contributed by atoms with Gasteiger partial charge in [0.1, 0.15) is 16.6 Å². The van der Waals surface area contributed by atoms with Crippen LogP contribution in [0.4, 0.5) is 14.9 Å². The number of methoxy groups -OCH3 is 1. The first kappa shape index (κ1) is 20.3. The second-order valence-corrected chi connectivity index (χ2v) is 7.97. The summed E-state index contributed by atoms with van der Waals surface area (Å²) in [6, 6.07) is 13.6. The number of benzene rings is 2. The van der Waals surface area contributed by atoms with E-state index < -0.39 is 0 Å². The van der Waals surface area contributed by atoms with E-state index in [1.165, 1.54) is 12.1 Å². The molecule has 30 heavy (non-hydrogen) atoms. The van der Waals surface area contributed by atoms with Crippen LogP contribution in [0.25, 0.3) is 11.3 Å². The summed E-state index contributed by atoms with van der Waals surface area (Å²) < 4.78 is 18.4. The molecule has 1 aliphatic heterocycles. The predicted molar refractivity (Wildman–Crippen MR) is 116 cm³/mol. The third kappa shape index (κ3) is 4.77.